The first-order chi connectivity index (χ1) is 13.7. The number of halogens is 1. The molecule has 11 heteroatoms. The van der Waals surface area contributed by atoms with Gasteiger partial charge in [-0.05, 0) is 48.8 Å². The summed E-state index contributed by atoms with van der Waals surface area (Å²) in [5.74, 6) is -0.229. The minimum Gasteiger partial charge on any atom is -0.464 e. The number of nitrogens with zero attached hydrogens (tertiary/aromatic N) is 5. The molecule has 29 heavy (non-hydrogen) atoms. The van der Waals surface area contributed by atoms with Gasteiger partial charge in [-0.15, -0.1) is 10.2 Å². The van der Waals surface area contributed by atoms with E-state index in [1.165, 1.54) is 6.20 Å². The SMILES string of the molecule is CC(C)(C)OC(=O)N(C(=O)O)c1ncc(Br)nc1-c1nnc(-c2ccccc2)o1. The monoisotopic (exact) mass is 461 g/mol. The summed E-state index contributed by atoms with van der Waals surface area (Å²) in [6.45, 7) is 4.84. The minimum atomic E-state index is -1.60. The molecule has 10 nitrogen and oxygen atoms in total. The second kappa shape index (κ2) is 7.95. The van der Waals surface area contributed by atoms with Crippen LogP contribution >= 0.6 is 15.9 Å². The molecular weight excluding hydrogens is 446 g/mol. The van der Waals surface area contributed by atoms with Crippen molar-refractivity contribution >= 4 is 33.9 Å². The molecule has 0 bridgehead atoms. The summed E-state index contributed by atoms with van der Waals surface area (Å²) in [6, 6.07) is 8.99. The van der Waals surface area contributed by atoms with Gasteiger partial charge in [0.2, 0.25) is 5.89 Å². The Bertz CT molecular complexity index is 1050. The van der Waals surface area contributed by atoms with Crippen molar-refractivity contribution in [2.24, 2.45) is 0 Å². The first kappa shape index (κ1) is 20.4. The Labute approximate surface area is 173 Å². The number of rotatable bonds is 3. The lowest BCUT2D eigenvalue weighted by molar-refractivity contribution is 0.0581. The highest BCUT2D eigenvalue weighted by molar-refractivity contribution is 9.10. The van der Waals surface area contributed by atoms with Gasteiger partial charge in [-0.2, -0.15) is 4.90 Å². The molecule has 0 atom stereocenters. The van der Waals surface area contributed by atoms with Gasteiger partial charge in [-0.3, -0.25) is 0 Å². The number of hydrogen-bond donors (Lipinski definition) is 1. The Hall–Kier alpha value is -3.34. The predicted octanol–water partition coefficient (Wildman–Crippen LogP) is 4.38. The molecule has 2 aromatic heterocycles. The molecule has 0 unspecified atom stereocenters. The smallest absolute Gasteiger partial charge is 0.425 e. The Kier molecular flexibility index (Phi) is 5.59. The molecule has 3 rings (SSSR count). The lowest BCUT2D eigenvalue weighted by Gasteiger charge is -2.24. The van der Waals surface area contributed by atoms with Crippen LogP contribution in [-0.4, -0.2) is 43.1 Å². The van der Waals surface area contributed by atoms with Crippen molar-refractivity contribution in [2.75, 3.05) is 4.90 Å². The first-order valence-electron chi connectivity index (χ1n) is 8.33. The van der Waals surface area contributed by atoms with E-state index in [9.17, 15) is 14.7 Å². The maximum absolute atomic E-state index is 12.5. The summed E-state index contributed by atoms with van der Waals surface area (Å²) >= 11 is 3.17. The predicted molar refractivity (Wildman–Crippen MR) is 105 cm³/mol. The maximum Gasteiger partial charge on any atom is 0.425 e. The van der Waals surface area contributed by atoms with Gasteiger partial charge in [0.25, 0.3) is 5.89 Å². The van der Waals surface area contributed by atoms with Crippen molar-refractivity contribution in [3.8, 4) is 23.0 Å². The van der Waals surface area contributed by atoms with Crippen LogP contribution in [0.25, 0.3) is 23.0 Å². The fraction of sp³-hybridized carbons (Fsp3) is 0.222. The Morgan fingerprint density at radius 2 is 1.79 bits per heavy atom. The number of aromatic nitrogens is 4. The van der Waals surface area contributed by atoms with Crippen LogP contribution in [0, 0.1) is 0 Å². The minimum absolute atomic E-state index is 0.0951. The molecule has 2 amide bonds. The molecule has 0 spiro atoms. The Balaban J connectivity index is 2.07. The number of benzene rings is 1. The van der Waals surface area contributed by atoms with Crippen molar-refractivity contribution < 1.29 is 23.8 Å². The normalized spacial score (nSPS) is 11.2. The summed E-state index contributed by atoms with van der Waals surface area (Å²) in [7, 11) is 0. The van der Waals surface area contributed by atoms with Crippen molar-refractivity contribution in [1.29, 1.82) is 0 Å². The molecule has 0 radical (unpaired) electrons. The van der Waals surface area contributed by atoms with Crippen molar-refractivity contribution in [3.63, 3.8) is 0 Å². The molecule has 0 aliphatic rings. The molecule has 0 saturated heterocycles. The number of anilines is 1. The zero-order valence-corrected chi connectivity index (χ0v) is 17.2. The first-order valence-corrected chi connectivity index (χ1v) is 9.13. The average Bonchev–Trinajstić information content (AvgIpc) is 3.12. The summed E-state index contributed by atoms with van der Waals surface area (Å²) in [4.78, 5) is 32.8. The van der Waals surface area contributed by atoms with E-state index in [1.807, 2.05) is 6.07 Å². The highest BCUT2D eigenvalue weighted by Crippen LogP contribution is 2.31. The van der Waals surface area contributed by atoms with Crippen LogP contribution in [0.15, 0.2) is 45.5 Å². The topological polar surface area (TPSA) is 132 Å². The number of amides is 2. The fourth-order valence-electron chi connectivity index (χ4n) is 2.25. The van der Waals surface area contributed by atoms with E-state index in [1.54, 1.807) is 45.0 Å². The van der Waals surface area contributed by atoms with E-state index in [0.717, 1.165) is 0 Å². The van der Waals surface area contributed by atoms with Gasteiger partial charge in [0.05, 0.1) is 6.20 Å². The van der Waals surface area contributed by atoms with Gasteiger partial charge < -0.3 is 14.3 Å². The van der Waals surface area contributed by atoms with Gasteiger partial charge in [0.15, 0.2) is 11.5 Å². The van der Waals surface area contributed by atoms with E-state index >= 15 is 0 Å². The zero-order valence-electron chi connectivity index (χ0n) is 15.7. The molecule has 1 N–H and O–H groups in total. The Morgan fingerprint density at radius 1 is 1.14 bits per heavy atom. The number of ether oxygens (including phenoxy) is 1. The number of imide groups is 1. The third-order valence-corrected chi connectivity index (χ3v) is 3.73. The number of carbonyl (C=O) groups is 2. The van der Waals surface area contributed by atoms with Crippen LogP contribution in [0.1, 0.15) is 20.8 Å². The molecular formula is C18H16BrN5O5. The summed E-state index contributed by atoms with van der Waals surface area (Å²) in [6.07, 6.45) is -1.49. The highest BCUT2D eigenvalue weighted by atomic mass is 79.9. The maximum atomic E-state index is 12.5. The summed E-state index contributed by atoms with van der Waals surface area (Å²) < 4.78 is 11.1. The lowest BCUT2D eigenvalue weighted by Crippen LogP contribution is -2.41. The van der Waals surface area contributed by atoms with Crippen LogP contribution in [0.4, 0.5) is 15.4 Å². The number of hydrogen-bond acceptors (Lipinski definition) is 8. The van der Waals surface area contributed by atoms with E-state index in [2.05, 4.69) is 36.1 Å². The molecule has 0 saturated carbocycles. The van der Waals surface area contributed by atoms with Crippen molar-refractivity contribution in [3.05, 3.63) is 41.1 Å². The van der Waals surface area contributed by atoms with Crippen LogP contribution in [0.5, 0.6) is 0 Å². The van der Waals surface area contributed by atoms with Gasteiger partial charge >= 0.3 is 12.2 Å². The van der Waals surface area contributed by atoms with Crippen LogP contribution in [-0.2, 0) is 4.74 Å². The highest BCUT2D eigenvalue weighted by Gasteiger charge is 2.34. The largest absolute Gasteiger partial charge is 0.464 e. The van der Waals surface area contributed by atoms with Crippen LogP contribution in [0.2, 0.25) is 0 Å². The Morgan fingerprint density at radius 3 is 2.41 bits per heavy atom. The summed E-state index contributed by atoms with van der Waals surface area (Å²) in [5.41, 5.74) is -0.348. The fourth-order valence-corrected chi connectivity index (χ4v) is 2.53. The van der Waals surface area contributed by atoms with E-state index in [4.69, 9.17) is 9.15 Å². The molecule has 3 aromatic rings. The number of carbonyl (C=O) groups excluding carboxylic acids is 1. The third-order valence-electron chi connectivity index (χ3n) is 3.35. The molecule has 0 aliphatic heterocycles. The van der Waals surface area contributed by atoms with E-state index in [-0.39, 0.29) is 27.9 Å². The van der Waals surface area contributed by atoms with Crippen LogP contribution in [0.3, 0.4) is 0 Å². The molecule has 2 heterocycles. The van der Waals surface area contributed by atoms with E-state index in [0.29, 0.717) is 10.5 Å². The second-order valence-corrected chi connectivity index (χ2v) is 7.55. The summed E-state index contributed by atoms with van der Waals surface area (Å²) in [5, 5.41) is 17.5. The van der Waals surface area contributed by atoms with Gasteiger partial charge in [0, 0.05) is 5.56 Å². The van der Waals surface area contributed by atoms with E-state index < -0.39 is 17.8 Å². The molecule has 0 fully saturated rings. The lowest BCUT2D eigenvalue weighted by atomic mass is 10.2. The standard InChI is InChI=1S/C18H16BrN5O5/c1-18(2,3)29-17(27)24(16(25)26)13-12(21-11(19)9-20-13)15-23-22-14(28-15)10-7-5-4-6-8-10/h4-9H,1-3H3,(H,25,26). The third kappa shape index (κ3) is 4.74. The second-order valence-electron chi connectivity index (χ2n) is 6.74. The van der Waals surface area contributed by atoms with Gasteiger partial charge in [-0.25, -0.2) is 19.6 Å². The van der Waals surface area contributed by atoms with Gasteiger partial charge in [-0.1, -0.05) is 18.2 Å². The van der Waals surface area contributed by atoms with Crippen LogP contribution < -0.4 is 4.90 Å². The quantitative estimate of drug-likeness (QED) is 0.602. The molecule has 150 valence electrons. The zero-order chi connectivity index (χ0) is 21.2. The number of carboxylic acid groups (broad SMARTS) is 1. The van der Waals surface area contributed by atoms with Crippen molar-refractivity contribution in [2.45, 2.75) is 26.4 Å². The van der Waals surface area contributed by atoms with Crippen molar-refractivity contribution in [1.82, 2.24) is 20.2 Å². The molecule has 1 aromatic carbocycles. The molecule has 0 aliphatic carbocycles. The average molecular weight is 462 g/mol. The van der Waals surface area contributed by atoms with Gasteiger partial charge in [0.1, 0.15) is 10.2 Å².